The second-order valence-electron chi connectivity index (χ2n) is 6.26. The summed E-state index contributed by atoms with van der Waals surface area (Å²) in [6, 6.07) is 0. The molecule has 0 aliphatic heterocycles. The summed E-state index contributed by atoms with van der Waals surface area (Å²) >= 11 is 5.10. The van der Waals surface area contributed by atoms with Gasteiger partial charge in [0.1, 0.15) is 0 Å². The van der Waals surface area contributed by atoms with Gasteiger partial charge in [-0.2, -0.15) is 0 Å². The third kappa shape index (κ3) is 5.35. The Morgan fingerprint density at radius 3 is 2.41 bits per heavy atom. The zero-order valence-corrected chi connectivity index (χ0v) is 12.5. The van der Waals surface area contributed by atoms with Crippen molar-refractivity contribution in [2.75, 3.05) is 20.1 Å². The number of hydrogen-bond acceptors (Lipinski definition) is 2. The lowest BCUT2D eigenvalue weighted by Gasteiger charge is -2.30. The van der Waals surface area contributed by atoms with Crippen LogP contribution in [-0.2, 0) is 0 Å². The molecule has 0 aromatic rings. The first-order valence-electron chi connectivity index (χ1n) is 6.90. The number of nitrogens with two attached hydrogens (primary N) is 1. The molecule has 2 nitrogen and oxygen atoms in total. The SMILES string of the molecule is CN(CCC(C)(C)C(N)=S)CC1CCCCC1. The van der Waals surface area contributed by atoms with Gasteiger partial charge in [0.25, 0.3) is 0 Å². The van der Waals surface area contributed by atoms with Gasteiger partial charge in [-0.05, 0) is 38.8 Å². The lowest BCUT2D eigenvalue weighted by molar-refractivity contribution is 0.218. The number of hydrogen-bond donors (Lipinski definition) is 1. The molecule has 17 heavy (non-hydrogen) atoms. The van der Waals surface area contributed by atoms with Crippen molar-refractivity contribution in [3.05, 3.63) is 0 Å². The van der Waals surface area contributed by atoms with Gasteiger partial charge in [0.15, 0.2) is 0 Å². The van der Waals surface area contributed by atoms with Crippen LogP contribution in [0, 0.1) is 11.3 Å². The summed E-state index contributed by atoms with van der Waals surface area (Å²) in [6.45, 7) is 6.63. The van der Waals surface area contributed by atoms with Gasteiger partial charge in [-0.3, -0.25) is 0 Å². The maximum atomic E-state index is 5.75. The van der Waals surface area contributed by atoms with Gasteiger partial charge < -0.3 is 10.6 Å². The van der Waals surface area contributed by atoms with E-state index in [1.54, 1.807) is 0 Å². The standard InChI is InChI=1S/C14H28N2S/c1-14(2,13(15)17)9-10-16(3)11-12-7-5-4-6-8-12/h12H,4-11H2,1-3H3,(H2,15,17). The van der Waals surface area contributed by atoms with Gasteiger partial charge in [-0.15, -0.1) is 0 Å². The van der Waals surface area contributed by atoms with Crippen molar-refractivity contribution in [3.8, 4) is 0 Å². The summed E-state index contributed by atoms with van der Waals surface area (Å²) in [7, 11) is 2.23. The third-order valence-electron chi connectivity index (χ3n) is 4.08. The Balaban J connectivity index is 2.24. The summed E-state index contributed by atoms with van der Waals surface area (Å²) in [4.78, 5) is 3.10. The predicted octanol–water partition coefficient (Wildman–Crippen LogP) is 3.20. The monoisotopic (exact) mass is 256 g/mol. The molecule has 0 heterocycles. The minimum Gasteiger partial charge on any atom is -0.393 e. The van der Waals surface area contributed by atoms with E-state index >= 15 is 0 Å². The van der Waals surface area contributed by atoms with Crippen molar-refractivity contribution >= 4 is 17.2 Å². The Morgan fingerprint density at radius 1 is 1.29 bits per heavy atom. The molecule has 100 valence electrons. The maximum absolute atomic E-state index is 5.75. The Bertz CT molecular complexity index is 245. The van der Waals surface area contributed by atoms with Crippen molar-refractivity contribution in [2.24, 2.45) is 17.1 Å². The number of nitrogens with zero attached hydrogens (tertiary/aromatic N) is 1. The zero-order valence-electron chi connectivity index (χ0n) is 11.7. The molecule has 0 radical (unpaired) electrons. The molecule has 1 saturated carbocycles. The quantitative estimate of drug-likeness (QED) is 0.740. The van der Waals surface area contributed by atoms with Crippen LogP contribution in [0.15, 0.2) is 0 Å². The molecule has 1 fully saturated rings. The summed E-state index contributed by atoms with van der Waals surface area (Å²) in [5.74, 6) is 0.918. The highest BCUT2D eigenvalue weighted by Crippen LogP contribution is 2.25. The molecular weight excluding hydrogens is 228 g/mol. The fourth-order valence-corrected chi connectivity index (χ4v) is 2.60. The first-order chi connectivity index (χ1) is 7.92. The van der Waals surface area contributed by atoms with E-state index in [0.29, 0.717) is 4.99 Å². The van der Waals surface area contributed by atoms with Crippen LogP contribution in [0.1, 0.15) is 52.4 Å². The van der Waals surface area contributed by atoms with Crippen molar-refractivity contribution in [1.29, 1.82) is 0 Å². The zero-order chi connectivity index (χ0) is 12.9. The minimum absolute atomic E-state index is 0.00381. The van der Waals surface area contributed by atoms with E-state index in [1.165, 1.54) is 38.6 Å². The van der Waals surface area contributed by atoms with Crippen LogP contribution in [0.5, 0.6) is 0 Å². The second kappa shape index (κ2) is 6.69. The smallest absolute Gasteiger partial charge is 0.0784 e. The highest BCUT2D eigenvalue weighted by atomic mass is 32.1. The highest BCUT2D eigenvalue weighted by Gasteiger charge is 2.22. The van der Waals surface area contributed by atoms with Crippen LogP contribution < -0.4 is 5.73 Å². The van der Waals surface area contributed by atoms with Gasteiger partial charge >= 0.3 is 0 Å². The molecular formula is C14H28N2S. The molecule has 0 aromatic carbocycles. The van der Waals surface area contributed by atoms with E-state index in [9.17, 15) is 0 Å². The van der Waals surface area contributed by atoms with Crippen LogP contribution in [0.3, 0.4) is 0 Å². The topological polar surface area (TPSA) is 29.3 Å². The van der Waals surface area contributed by atoms with E-state index in [2.05, 4.69) is 25.8 Å². The van der Waals surface area contributed by atoms with Gasteiger partial charge in [0.2, 0.25) is 0 Å². The first kappa shape index (κ1) is 14.9. The lowest BCUT2D eigenvalue weighted by atomic mass is 9.87. The van der Waals surface area contributed by atoms with Crippen molar-refractivity contribution in [3.63, 3.8) is 0 Å². The van der Waals surface area contributed by atoms with E-state index in [-0.39, 0.29) is 5.41 Å². The van der Waals surface area contributed by atoms with Crippen molar-refractivity contribution in [2.45, 2.75) is 52.4 Å². The summed E-state index contributed by atoms with van der Waals surface area (Å²) in [5.41, 5.74) is 5.75. The average molecular weight is 256 g/mol. The largest absolute Gasteiger partial charge is 0.393 e. The maximum Gasteiger partial charge on any atom is 0.0784 e. The fraction of sp³-hybridized carbons (Fsp3) is 0.929. The molecule has 0 amide bonds. The molecule has 0 atom stereocenters. The fourth-order valence-electron chi connectivity index (χ4n) is 2.50. The van der Waals surface area contributed by atoms with Gasteiger partial charge in [-0.1, -0.05) is 45.3 Å². The Kier molecular flexibility index (Phi) is 5.87. The van der Waals surface area contributed by atoms with Crippen LogP contribution in [0.25, 0.3) is 0 Å². The highest BCUT2D eigenvalue weighted by molar-refractivity contribution is 7.80. The third-order valence-corrected chi connectivity index (χ3v) is 4.63. The molecule has 0 spiro atoms. The lowest BCUT2D eigenvalue weighted by Crippen LogP contribution is -2.35. The molecule has 0 saturated heterocycles. The molecule has 1 rings (SSSR count). The van der Waals surface area contributed by atoms with Crippen LogP contribution in [0.4, 0.5) is 0 Å². The molecule has 1 aliphatic rings. The van der Waals surface area contributed by atoms with Gasteiger partial charge in [0, 0.05) is 12.0 Å². The molecule has 0 aromatic heterocycles. The molecule has 0 unspecified atom stereocenters. The molecule has 1 aliphatic carbocycles. The first-order valence-corrected chi connectivity index (χ1v) is 7.31. The van der Waals surface area contributed by atoms with E-state index in [4.69, 9.17) is 18.0 Å². The van der Waals surface area contributed by atoms with E-state index in [0.717, 1.165) is 18.9 Å². The van der Waals surface area contributed by atoms with Crippen LogP contribution in [-0.4, -0.2) is 30.0 Å². The Hall–Kier alpha value is -0.150. The minimum atomic E-state index is -0.00381. The molecule has 2 N–H and O–H groups in total. The number of thiocarbonyl (C=S) groups is 1. The Labute approximate surface area is 112 Å². The van der Waals surface area contributed by atoms with E-state index < -0.39 is 0 Å². The van der Waals surface area contributed by atoms with Gasteiger partial charge in [-0.25, -0.2) is 0 Å². The summed E-state index contributed by atoms with van der Waals surface area (Å²) in [6.07, 6.45) is 8.19. The number of rotatable bonds is 6. The van der Waals surface area contributed by atoms with Gasteiger partial charge in [0.05, 0.1) is 4.99 Å². The molecule has 3 heteroatoms. The predicted molar refractivity (Wildman–Crippen MR) is 79.3 cm³/mol. The molecule has 0 bridgehead atoms. The van der Waals surface area contributed by atoms with E-state index in [1.807, 2.05) is 0 Å². The average Bonchev–Trinajstić information content (AvgIpc) is 2.28. The second-order valence-corrected chi connectivity index (χ2v) is 6.70. The Morgan fingerprint density at radius 2 is 1.88 bits per heavy atom. The summed E-state index contributed by atoms with van der Waals surface area (Å²) < 4.78 is 0. The van der Waals surface area contributed by atoms with Crippen molar-refractivity contribution in [1.82, 2.24) is 4.90 Å². The summed E-state index contributed by atoms with van der Waals surface area (Å²) in [5, 5.41) is 0. The normalized spacial score (nSPS) is 18.6. The van der Waals surface area contributed by atoms with Crippen LogP contribution >= 0.6 is 12.2 Å². The van der Waals surface area contributed by atoms with Crippen LogP contribution in [0.2, 0.25) is 0 Å². The van der Waals surface area contributed by atoms with Crippen molar-refractivity contribution < 1.29 is 0 Å².